The predicted molar refractivity (Wildman–Crippen MR) is 228 cm³/mol. The number of anilines is 3. The van der Waals surface area contributed by atoms with E-state index in [2.05, 4.69) is 35.6 Å². The number of aromatic amines is 1. The predicted octanol–water partition coefficient (Wildman–Crippen LogP) is 3.34. The van der Waals surface area contributed by atoms with E-state index in [4.69, 9.17) is 35.2 Å². The Morgan fingerprint density at radius 2 is 1.35 bits per heavy atom. The summed E-state index contributed by atoms with van der Waals surface area (Å²) < 4.78 is 28.5. The number of H-pyrrole nitrogens is 1. The molecule has 2 aromatic carbocycles. The zero-order chi connectivity index (χ0) is 41.9. The van der Waals surface area contributed by atoms with Crippen LogP contribution in [0.3, 0.4) is 0 Å². The van der Waals surface area contributed by atoms with Gasteiger partial charge in [0.1, 0.15) is 17.0 Å². The van der Waals surface area contributed by atoms with Crippen molar-refractivity contribution in [2.24, 2.45) is 0 Å². The van der Waals surface area contributed by atoms with Crippen LogP contribution in [0.4, 0.5) is 27.9 Å². The first-order valence-corrected chi connectivity index (χ1v) is 18.2. The van der Waals surface area contributed by atoms with Gasteiger partial charge in [0.2, 0.25) is 11.6 Å². The van der Waals surface area contributed by atoms with Gasteiger partial charge in [-0.2, -0.15) is 19.9 Å². The Morgan fingerprint density at radius 1 is 0.806 bits per heavy atom. The van der Waals surface area contributed by atoms with Crippen molar-refractivity contribution in [2.75, 3.05) is 62.5 Å². The number of nitro groups is 1. The second-order valence-corrected chi connectivity index (χ2v) is 12.7. The topological polar surface area (TPSA) is 309 Å². The number of hydrogen-bond donors (Lipinski definition) is 5. The summed E-state index contributed by atoms with van der Waals surface area (Å²) in [5.41, 5.74) is 12.8. The molecule has 0 spiro atoms. The molecule has 23 heteroatoms. The van der Waals surface area contributed by atoms with Crippen LogP contribution in [0.25, 0.3) is 11.2 Å². The molecule has 0 radical (unpaired) electrons. The summed E-state index contributed by atoms with van der Waals surface area (Å²) in [4.78, 5) is 79.7. The molecule has 7 rings (SSSR count). The highest BCUT2D eigenvalue weighted by atomic mass is 16.6. The molecule has 5 aromatic rings. The lowest BCUT2D eigenvalue weighted by atomic mass is 10.2. The van der Waals surface area contributed by atoms with Gasteiger partial charge in [0, 0.05) is 13.1 Å². The molecule has 3 amide bonds. The van der Waals surface area contributed by atoms with Gasteiger partial charge in [-0.25, -0.2) is 9.59 Å². The smallest absolute Gasteiger partial charge is 0.415 e. The van der Waals surface area contributed by atoms with Gasteiger partial charge in [0.25, 0.3) is 11.8 Å². The van der Waals surface area contributed by atoms with E-state index in [9.17, 15) is 29.3 Å². The number of nitrogens with zero attached hydrogens (tertiary/aromatic N) is 7. The standard InChI is InChI=1S/C19H22N6O7.C17H18N6O4.3CH4/c1-2-30-19(27)24-10-12-5-3-6-13(9-12)32-11-14(26)21-7-4-8-31-18-22-16(20)15(25(28)29)17(24)23-18;18-14-13-15-22-16(21-14)26-6-2-5-19-12(24)9-27-11-4-1-3-10(7-11)8-23(15)17(25)20-13;;;/h3,5-6,9H,2,4,7-8,10-11H2,1H3,(H,21,26)(H2,20,22,23);1,3-4,7H,2,5-6,8-9H2,(H,19,24)(H,20,25)(H2,18,21,22);3*1H4. The molecule has 0 aliphatic carbocycles. The van der Waals surface area contributed by atoms with Crippen LogP contribution >= 0.6 is 0 Å². The molecule has 0 saturated heterocycles. The highest BCUT2D eigenvalue weighted by molar-refractivity contribution is 5.91. The van der Waals surface area contributed by atoms with Crippen LogP contribution in [0.5, 0.6) is 23.5 Å². The molecule has 0 unspecified atom stereocenters. The second kappa shape index (κ2) is 22.6. The van der Waals surface area contributed by atoms with E-state index < -0.39 is 22.5 Å². The maximum atomic E-state index is 12.7. The number of fused-ring (bicyclic) bond motifs is 7. The van der Waals surface area contributed by atoms with Crippen LogP contribution in [0.2, 0.25) is 0 Å². The fourth-order valence-corrected chi connectivity index (χ4v) is 5.70. The Kier molecular flexibility index (Phi) is 17.7. The lowest BCUT2D eigenvalue weighted by molar-refractivity contribution is -0.383. The molecule has 3 aromatic heterocycles. The molecule has 62 heavy (non-hydrogen) atoms. The number of benzene rings is 2. The fourth-order valence-electron chi connectivity index (χ4n) is 5.70. The Balaban J connectivity index is 0.000000318. The maximum Gasteiger partial charge on any atom is 0.415 e. The number of amides is 3. The van der Waals surface area contributed by atoms with Gasteiger partial charge >= 0.3 is 29.5 Å². The summed E-state index contributed by atoms with van der Waals surface area (Å²) in [6, 6.07) is 13.6. The van der Waals surface area contributed by atoms with E-state index in [0.29, 0.717) is 60.8 Å². The van der Waals surface area contributed by atoms with Crippen LogP contribution in [0, 0.1) is 10.1 Å². The van der Waals surface area contributed by atoms with Gasteiger partial charge in [-0.15, -0.1) is 0 Å². The number of nitrogen functional groups attached to an aromatic ring is 2. The van der Waals surface area contributed by atoms with E-state index >= 15 is 0 Å². The third-order valence-electron chi connectivity index (χ3n) is 8.40. The fraction of sp³-hybridized carbons (Fsp3) is 0.385. The molecule has 0 fully saturated rings. The molecular weight excluding hydrogens is 813 g/mol. The van der Waals surface area contributed by atoms with Crippen molar-refractivity contribution in [2.45, 2.75) is 55.1 Å². The number of ether oxygens (including phenoxy) is 5. The summed E-state index contributed by atoms with van der Waals surface area (Å²) in [6.45, 7) is 2.55. The van der Waals surface area contributed by atoms with Crippen LogP contribution in [0.1, 0.15) is 53.2 Å². The van der Waals surface area contributed by atoms with Crippen molar-refractivity contribution >= 4 is 52.2 Å². The minimum atomic E-state index is -0.869. The minimum Gasteiger partial charge on any atom is -0.484 e. The van der Waals surface area contributed by atoms with E-state index in [1.165, 1.54) is 4.57 Å². The zero-order valence-electron chi connectivity index (χ0n) is 31.7. The van der Waals surface area contributed by atoms with Crippen LogP contribution < -0.4 is 51.6 Å². The molecule has 8 bridgehead atoms. The van der Waals surface area contributed by atoms with Gasteiger partial charge in [-0.1, -0.05) is 46.5 Å². The third kappa shape index (κ3) is 12.4. The largest absolute Gasteiger partial charge is 0.484 e. The lowest BCUT2D eigenvalue weighted by Gasteiger charge is -2.22. The van der Waals surface area contributed by atoms with E-state index in [1.807, 2.05) is 6.07 Å². The van der Waals surface area contributed by atoms with Gasteiger partial charge in [0.05, 0.1) is 37.8 Å². The molecule has 5 heterocycles. The first kappa shape index (κ1) is 48.6. The number of nitrogens with one attached hydrogen (secondary N) is 3. The zero-order valence-corrected chi connectivity index (χ0v) is 31.7. The van der Waals surface area contributed by atoms with E-state index in [0.717, 1.165) is 10.5 Å². The Labute approximate surface area is 356 Å². The summed E-state index contributed by atoms with van der Waals surface area (Å²) >= 11 is 0. The maximum absolute atomic E-state index is 12.7. The Morgan fingerprint density at radius 3 is 1.92 bits per heavy atom. The van der Waals surface area contributed by atoms with Gasteiger partial charge in [-0.3, -0.25) is 29.2 Å². The number of hydrogen-bond acceptors (Lipinski definition) is 17. The lowest BCUT2D eigenvalue weighted by Crippen LogP contribution is -2.33. The Hall–Kier alpha value is -7.72. The number of nitrogens with two attached hydrogens (primary N) is 2. The van der Waals surface area contributed by atoms with Crippen molar-refractivity contribution in [3.05, 3.63) is 80.3 Å². The van der Waals surface area contributed by atoms with E-state index in [1.54, 1.807) is 49.4 Å². The van der Waals surface area contributed by atoms with Gasteiger partial charge < -0.3 is 50.8 Å². The van der Waals surface area contributed by atoms with Gasteiger partial charge in [-0.05, 0) is 55.2 Å². The number of imidazole rings is 1. The number of aromatic nitrogens is 6. The Bertz CT molecular complexity index is 2410. The molecule has 7 N–H and O–H groups in total. The summed E-state index contributed by atoms with van der Waals surface area (Å²) in [6.07, 6.45) is 0.0902. The molecule has 0 saturated carbocycles. The van der Waals surface area contributed by atoms with Crippen molar-refractivity contribution < 1.29 is 43.0 Å². The average molecular weight is 865 g/mol. The monoisotopic (exact) mass is 864 g/mol. The van der Waals surface area contributed by atoms with Crippen LogP contribution in [-0.2, 0) is 27.4 Å². The minimum absolute atomic E-state index is 0. The van der Waals surface area contributed by atoms with Crippen molar-refractivity contribution in [1.82, 2.24) is 40.1 Å². The molecule has 2 aliphatic rings. The van der Waals surface area contributed by atoms with Crippen molar-refractivity contribution in [1.29, 1.82) is 0 Å². The summed E-state index contributed by atoms with van der Waals surface area (Å²) in [5, 5.41) is 17.1. The van der Waals surface area contributed by atoms with Crippen LogP contribution in [0.15, 0.2) is 53.3 Å². The number of rotatable bonds is 2. The third-order valence-corrected chi connectivity index (χ3v) is 8.40. The number of carbonyl (C=O) groups is 3. The van der Waals surface area contributed by atoms with Crippen LogP contribution in [-0.4, -0.2) is 98.4 Å². The average Bonchev–Trinajstić information content (AvgIpc) is 3.52. The quantitative estimate of drug-likeness (QED) is 0.125. The van der Waals surface area contributed by atoms with Crippen molar-refractivity contribution in [3.8, 4) is 23.5 Å². The molecule has 23 nitrogen and oxygen atoms in total. The first-order chi connectivity index (χ1) is 28.5. The summed E-state index contributed by atoms with van der Waals surface area (Å²) in [5.74, 6) is -0.293. The van der Waals surface area contributed by atoms with Gasteiger partial charge in [0.15, 0.2) is 24.7 Å². The molecular formula is C39H52N12O11. The summed E-state index contributed by atoms with van der Waals surface area (Å²) in [7, 11) is 0. The number of carbonyl (C=O) groups excluding carboxylic acids is 3. The second-order valence-electron chi connectivity index (χ2n) is 12.7. The molecule has 2 aliphatic heterocycles. The van der Waals surface area contributed by atoms with E-state index in [-0.39, 0.29) is 103 Å². The molecule has 0 atom stereocenters. The normalized spacial score (nSPS) is 14.1. The first-order valence-electron chi connectivity index (χ1n) is 18.2. The SMILES string of the molecule is C.C.C.CCOC(=O)N1Cc2cccc(c2)OCC(=O)NCCCOc2nc(N)c([N+](=O)[O-])c1n2.Nc1nc2nc3c1[nH]c(=O)n3Cc1cccc(c1)OCC(=O)NCCCO2. The van der Waals surface area contributed by atoms with Crippen molar-refractivity contribution in [3.63, 3.8) is 0 Å². The highest BCUT2D eigenvalue weighted by Gasteiger charge is 2.32. The highest BCUT2D eigenvalue weighted by Crippen LogP contribution is 2.34. The molecule has 334 valence electrons.